The highest BCUT2D eigenvalue weighted by atomic mass is 16.3. The maximum absolute atomic E-state index is 10.1. The van der Waals surface area contributed by atoms with Gasteiger partial charge >= 0.3 is 0 Å². The molecule has 0 bridgehead atoms. The van der Waals surface area contributed by atoms with Crippen LogP contribution in [0.15, 0.2) is 12.5 Å². The summed E-state index contributed by atoms with van der Waals surface area (Å²) in [4.78, 5) is 11.1. The fourth-order valence-electron chi connectivity index (χ4n) is 2.88. The molecule has 19 heavy (non-hydrogen) atoms. The van der Waals surface area contributed by atoms with Gasteiger partial charge in [0.25, 0.3) is 0 Å². The average molecular weight is 264 g/mol. The first-order valence-corrected chi connectivity index (χ1v) is 6.18. The van der Waals surface area contributed by atoms with E-state index in [4.69, 9.17) is 5.73 Å². The monoisotopic (exact) mass is 264 g/mol. The van der Waals surface area contributed by atoms with Crippen molar-refractivity contribution in [2.24, 2.45) is 5.92 Å². The molecule has 6 N–H and O–H groups in total. The summed E-state index contributed by atoms with van der Waals surface area (Å²) in [5.74, 6) is -0.234. The first-order valence-electron chi connectivity index (χ1n) is 6.18. The van der Waals surface area contributed by atoms with Gasteiger partial charge in [0.15, 0.2) is 5.82 Å². The first kappa shape index (κ1) is 12.3. The van der Waals surface area contributed by atoms with Gasteiger partial charge in [-0.1, -0.05) is 0 Å². The number of anilines is 1. The van der Waals surface area contributed by atoms with Gasteiger partial charge in [-0.2, -0.15) is 0 Å². The van der Waals surface area contributed by atoms with Crippen LogP contribution in [0.4, 0.5) is 5.82 Å². The van der Waals surface area contributed by atoms with Crippen LogP contribution in [0.5, 0.6) is 0 Å². The van der Waals surface area contributed by atoms with Crippen LogP contribution in [0.25, 0.3) is 11.0 Å². The highest BCUT2D eigenvalue weighted by Gasteiger charge is 2.42. The smallest absolute Gasteiger partial charge is 0.151 e. The van der Waals surface area contributed by atoms with E-state index in [2.05, 4.69) is 15.0 Å². The number of fused-ring (bicyclic) bond motifs is 1. The van der Waals surface area contributed by atoms with Gasteiger partial charge < -0.3 is 26.0 Å². The Labute approximate surface area is 109 Å². The molecule has 0 aliphatic heterocycles. The van der Waals surface area contributed by atoms with Gasteiger partial charge in [-0.25, -0.2) is 9.97 Å². The van der Waals surface area contributed by atoms with Crippen LogP contribution in [0.1, 0.15) is 17.9 Å². The molecule has 0 radical (unpaired) electrons. The lowest BCUT2D eigenvalue weighted by atomic mass is 9.96. The molecule has 102 valence electrons. The van der Waals surface area contributed by atoms with E-state index in [0.717, 1.165) is 5.56 Å². The van der Waals surface area contributed by atoms with E-state index in [-0.39, 0.29) is 18.4 Å². The van der Waals surface area contributed by atoms with Crippen LogP contribution in [0, 0.1) is 5.92 Å². The third kappa shape index (κ3) is 1.78. The van der Waals surface area contributed by atoms with Gasteiger partial charge in [0, 0.05) is 30.2 Å². The van der Waals surface area contributed by atoms with Crippen molar-refractivity contribution >= 4 is 16.9 Å². The quantitative estimate of drug-likeness (QED) is 0.490. The number of aromatic nitrogens is 3. The number of hydrogen-bond donors (Lipinski definition) is 5. The lowest BCUT2D eigenvalue weighted by Gasteiger charge is -2.15. The lowest BCUT2D eigenvalue weighted by Crippen LogP contribution is -2.28. The Morgan fingerprint density at radius 1 is 1.32 bits per heavy atom. The molecule has 3 rings (SSSR count). The zero-order valence-corrected chi connectivity index (χ0v) is 10.2. The summed E-state index contributed by atoms with van der Waals surface area (Å²) in [6, 6.07) is 0. The highest BCUT2D eigenvalue weighted by Crippen LogP contribution is 2.41. The Balaban J connectivity index is 2.04. The van der Waals surface area contributed by atoms with Gasteiger partial charge in [-0.15, -0.1) is 0 Å². The molecular weight excluding hydrogens is 248 g/mol. The molecule has 0 saturated heterocycles. The fraction of sp³-hybridized carbons (Fsp3) is 0.500. The Morgan fingerprint density at radius 3 is 2.79 bits per heavy atom. The molecule has 0 amide bonds. The fourth-order valence-corrected chi connectivity index (χ4v) is 2.88. The Kier molecular flexibility index (Phi) is 2.89. The van der Waals surface area contributed by atoms with E-state index in [1.807, 2.05) is 0 Å². The van der Waals surface area contributed by atoms with Gasteiger partial charge in [-0.05, 0) is 6.42 Å². The van der Waals surface area contributed by atoms with Crippen LogP contribution >= 0.6 is 0 Å². The minimum Gasteiger partial charge on any atom is -0.396 e. The molecule has 2 heterocycles. The maximum atomic E-state index is 10.1. The number of aliphatic hydroxyl groups excluding tert-OH is 3. The van der Waals surface area contributed by atoms with Crippen molar-refractivity contribution in [2.75, 3.05) is 12.3 Å². The topological polar surface area (TPSA) is 128 Å². The van der Waals surface area contributed by atoms with Crippen molar-refractivity contribution < 1.29 is 15.3 Å². The summed E-state index contributed by atoms with van der Waals surface area (Å²) in [6.07, 6.45) is 1.79. The van der Waals surface area contributed by atoms with Crippen LogP contribution in [-0.4, -0.2) is 49.1 Å². The maximum Gasteiger partial charge on any atom is 0.151 e. The Bertz CT molecular complexity index is 600. The van der Waals surface area contributed by atoms with E-state index in [1.54, 1.807) is 6.20 Å². The summed E-state index contributed by atoms with van der Waals surface area (Å²) in [5.41, 5.74) is 7.83. The van der Waals surface area contributed by atoms with Crippen molar-refractivity contribution in [1.29, 1.82) is 0 Å². The molecule has 2 aromatic rings. The standard InChI is InChI=1S/C12H16N4O3/c13-12-9-8(15-4-16-12)7(2-14-9)6-1-5(3-17)10(18)11(6)19/h2,4-6,10-11,14,17-19H,1,3H2,(H2,13,15,16)/t5-,6+,10?,11-/m1/s1. The molecule has 7 heteroatoms. The number of nitrogens with two attached hydrogens (primary N) is 1. The van der Waals surface area contributed by atoms with Crippen LogP contribution in [-0.2, 0) is 0 Å². The molecule has 7 nitrogen and oxygen atoms in total. The summed E-state index contributed by atoms with van der Waals surface area (Å²) < 4.78 is 0. The van der Waals surface area contributed by atoms with Gasteiger partial charge in [0.2, 0.25) is 0 Å². The Hall–Kier alpha value is -1.70. The largest absolute Gasteiger partial charge is 0.396 e. The summed E-state index contributed by atoms with van der Waals surface area (Å²) in [5, 5.41) is 29.2. The van der Waals surface area contributed by atoms with E-state index >= 15 is 0 Å². The van der Waals surface area contributed by atoms with E-state index in [1.165, 1.54) is 6.33 Å². The SMILES string of the molecule is Nc1ncnc2c([C@@H]3C[C@H](CO)C(O)[C@@H]3O)c[nH]c12. The molecule has 2 aromatic heterocycles. The zero-order chi connectivity index (χ0) is 13.6. The van der Waals surface area contributed by atoms with Crippen molar-refractivity contribution in [2.45, 2.75) is 24.5 Å². The number of rotatable bonds is 2. The minimum absolute atomic E-state index is 0.145. The van der Waals surface area contributed by atoms with Gasteiger partial charge in [0.05, 0.1) is 17.7 Å². The van der Waals surface area contributed by atoms with Crippen molar-refractivity contribution in [3.8, 4) is 0 Å². The van der Waals surface area contributed by atoms with Gasteiger partial charge in [0.1, 0.15) is 11.8 Å². The van der Waals surface area contributed by atoms with Crippen molar-refractivity contribution in [3.05, 3.63) is 18.1 Å². The molecule has 1 unspecified atom stereocenters. The molecule has 1 aliphatic rings. The molecule has 0 aromatic carbocycles. The number of aromatic amines is 1. The molecule has 0 spiro atoms. The summed E-state index contributed by atoms with van der Waals surface area (Å²) in [6.45, 7) is -0.145. The summed E-state index contributed by atoms with van der Waals surface area (Å²) >= 11 is 0. The number of hydrogen-bond acceptors (Lipinski definition) is 6. The van der Waals surface area contributed by atoms with E-state index in [9.17, 15) is 15.3 Å². The summed E-state index contributed by atoms with van der Waals surface area (Å²) in [7, 11) is 0. The highest BCUT2D eigenvalue weighted by molar-refractivity contribution is 5.87. The average Bonchev–Trinajstić information content (AvgIpc) is 2.94. The van der Waals surface area contributed by atoms with Crippen LogP contribution in [0.3, 0.4) is 0 Å². The number of nitrogens with one attached hydrogen (secondary N) is 1. The second kappa shape index (κ2) is 4.44. The molecule has 1 aliphatic carbocycles. The zero-order valence-electron chi connectivity index (χ0n) is 10.2. The number of nitrogen functional groups attached to an aromatic ring is 1. The number of nitrogens with zero attached hydrogens (tertiary/aromatic N) is 2. The minimum atomic E-state index is -0.917. The normalized spacial score (nSPS) is 31.1. The molecular formula is C12H16N4O3. The Morgan fingerprint density at radius 2 is 2.11 bits per heavy atom. The van der Waals surface area contributed by atoms with Crippen molar-refractivity contribution in [1.82, 2.24) is 15.0 Å². The van der Waals surface area contributed by atoms with Crippen molar-refractivity contribution in [3.63, 3.8) is 0 Å². The second-order valence-corrected chi connectivity index (χ2v) is 4.99. The van der Waals surface area contributed by atoms with E-state index in [0.29, 0.717) is 23.3 Å². The third-order valence-electron chi connectivity index (χ3n) is 3.96. The molecule has 4 atom stereocenters. The lowest BCUT2D eigenvalue weighted by molar-refractivity contribution is 0.00241. The molecule has 1 fully saturated rings. The predicted octanol–water partition coefficient (Wildman–Crippen LogP) is -0.642. The first-order chi connectivity index (χ1) is 9.13. The predicted molar refractivity (Wildman–Crippen MR) is 68.2 cm³/mol. The third-order valence-corrected chi connectivity index (χ3v) is 3.96. The molecule has 1 saturated carbocycles. The number of aliphatic hydroxyl groups is 3. The van der Waals surface area contributed by atoms with E-state index < -0.39 is 12.2 Å². The van der Waals surface area contributed by atoms with Gasteiger partial charge in [-0.3, -0.25) is 0 Å². The van der Waals surface area contributed by atoms with Crippen LogP contribution < -0.4 is 5.73 Å². The van der Waals surface area contributed by atoms with Crippen LogP contribution in [0.2, 0.25) is 0 Å². The second-order valence-electron chi connectivity index (χ2n) is 4.99. The number of H-pyrrole nitrogens is 1.